The van der Waals surface area contributed by atoms with Crippen molar-refractivity contribution in [3.63, 3.8) is 0 Å². The van der Waals surface area contributed by atoms with Gasteiger partial charge in [-0.2, -0.15) is 5.10 Å². The van der Waals surface area contributed by atoms with Crippen molar-refractivity contribution in [2.75, 3.05) is 44.3 Å². The Labute approximate surface area is 166 Å². The van der Waals surface area contributed by atoms with Crippen molar-refractivity contribution in [3.8, 4) is 0 Å². The maximum Gasteiger partial charge on any atom is 0.280 e. The van der Waals surface area contributed by atoms with Crippen molar-refractivity contribution in [3.05, 3.63) is 42.0 Å². The lowest BCUT2D eigenvalue weighted by atomic mass is 10.3. The highest BCUT2D eigenvalue weighted by molar-refractivity contribution is 7.22. The summed E-state index contributed by atoms with van der Waals surface area (Å²) in [6.07, 6.45) is 2.52. The molecule has 7 nitrogen and oxygen atoms in total. The van der Waals surface area contributed by atoms with Crippen LogP contribution in [-0.4, -0.2) is 65.0 Å². The van der Waals surface area contributed by atoms with Crippen LogP contribution in [0.3, 0.4) is 0 Å². The summed E-state index contributed by atoms with van der Waals surface area (Å²) >= 11 is 1.32. The Morgan fingerprint density at radius 3 is 2.86 bits per heavy atom. The summed E-state index contributed by atoms with van der Waals surface area (Å²) in [6, 6.07) is 6.54. The van der Waals surface area contributed by atoms with Gasteiger partial charge in [-0.05, 0) is 24.6 Å². The van der Waals surface area contributed by atoms with Crippen LogP contribution >= 0.6 is 11.3 Å². The molecule has 0 atom stereocenters. The number of carbonyl (C=O) groups excluding carboxylic acids is 1. The Morgan fingerprint density at radius 2 is 2.14 bits per heavy atom. The maximum absolute atomic E-state index is 14.1. The van der Waals surface area contributed by atoms with Crippen molar-refractivity contribution in [1.82, 2.24) is 19.7 Å². The molecule has 4 rings (SSSR count). The van der Waals surface area contributed by atoms with Gasteiger partial charge in [0.1, 0.15) is 11.3 Å². The Bertz CT molecular complexity index is 966. The molecule has 0 radical (unpaired) electrons. The first kappa shape index (κ1) is 19.0. The standard InChI is InChI=1S/C19H22FN5O2S/c1-23-9-6-15(22-23)18(26)25(8-3-7-24-10-12-27-13-11-24)19-21-17-14(20)4-2-5-16(17)28-19/h2,4-6,9H,3,7-8,10-13H2,1H3. The number of para-hydroxylation sites is 1. The maximum atomic E-state index is 14.1. The summed E-state index contributed by atoms with van der Waals surface area (Å²) in [6.45, 7) is 4.66. The minimum atomic E-state index is -0.376. The fourth-order valence-corrected chi connectivity index (χ4v) is 4.25. The molecule has 1 fully saturated rings. The van der Waals surface area contributed by atoms with Crippen molar-refractivity contribution in [2.45, 2.75) is 6.42 Å². The number of benzene rings is 1. The summed E-state index contributed by atoms with van der Waals surface area (Å²) in [5.74, 6) is -0.597. The van der Waals surface area contributed by atoms with Gasteiger partial charge in [0.15, 0.2) is 10.8 Å². The highest BCUT2D eigenvalue weighted by atomic mass is 32.1. The van der Waals surface area contributed by atoms with Gasteiger partial charge in [-0.3, -0.25) is 19.3 Å². The molecule has 2 aromatic heterocycles. The predicted octanol–water partition coefficient (Wildman–Crippen LogP) is 2.54. The van der Waals surface area contributed by atoms with Crippen LogP contribution in [0.2, 0.25) is 0 Å². The van der Waals surface area contributed by atoms with E-state index in [0.717, 1.165) is 44.0 Å². The van der Waals surface area contributed by atoms with E-state index in [1.807, 2.05) is 6.07 Å². The van der Waals surface area contributed by atoms with E-state index in [2.05, 4.69) is 15.0 Å². The molecule has 1 saturated heterocycles. The molecule has 148 valence electrons. The van der Waals surface area contributed by atoms with Gasteiger partial charge in [-0.15, -0.1) is 0 Å². The quantitative estimate of drug-likeness (QED) is 0.633. The van der Waals surface area contributed by atoms with Crippen LogP contribution in [0.4, 0.5) is 9.52 Å². The van der Waals surface area contributed by atoms with Gasteiger partial charge < -0.3 is 4.74 Å². The molecule has 1 aliphatic heterocycles. The number of hydrogen-bond donors (Lipinski definition) is 0. The van der Waals surface area contributed by atoms with Crippen molar-refractivity contribution in [2.24, 2.45) is 7.05 Å². The van der Waals surface area contributed by atoms with Gasteiger partial charge in [0.25, 0.3) is 5.91 Å². The van der Waals surface area contributed by atoms with Crippen LogP contribution in [0, 0.1) is 5.82 Å². The fourth-order valence-electron chi connectivity index (χ4n) is 3.25. The van der Waals surface area contributed by atoms with Gasteiger partial charge in [0.05, 0.1) is 17.9 Å². The highest BCUT2D eigenvalue weighted by Gasteiger charge is 2.24. The number of amides is 1. The zero-order chi connectivity index (χ0) is 19.5. The first-order valence-electron chi connectivity index (χ1n) is 9.28. The van der Waals surface area contributed by atoms with Crippen LogP contribution in [0.15, 0.2) is 30.5 Å². The number of aromatic nitrogens is 3. The van der Waals surface area contributed by atoms with Crippen LogP contribution < -0.4 is 4.90 Å². The lowest BCUT2D eigenvalue weighted by Gasteiger charge is -2.27. The number of nitrogens with zero attached hydrogens (tertiary/aromatic N) is 5. The molecule has 0 saturated carbocycles. The van der Waals surface area contributed by atoms with E-state index in [1.165, 1.54) is 17.4 Å². The van der Waals surface area contributed by atoms with E-state index < -0.39 is 0 Å². The van der Waals surface area contributed by atoms with Gasteiger partial charge >= 0.3 is 0 Å². The molecule has 28 heavy (non-hydrogen) atoms. The van der Waals surface area contributed by atoms with Crippen LogP contribution in [-0.2, 0) is 11.8 Å². The second kappa shape index (κ2) is 8.34. The number of anilines is 1. The molecular weight excluding hydrogens is 381 g/mol. The number of carbonyl (C=O) groups is 1. The highest BCUT2D eigenvalue weighted by Crippen LogP contribution is 2.31. The molecule has 0 aliphatic carbocycles. The van der Waals surface area contributed by atoms with Gasteiger partial charge in [-0.25, -0.2) is 9.37 Å². The second-order valence-corrected chi connectivity index (χ2v) is 7.73. The van der Waals surface area contributed by atoms with Crippen molar-refractivity contribution >= 4 is 32.6 Å². The number of rotatable bonds is 6. The van der Waals surface area contributed by atoms with Gasteiger partial charge in [-0.1, -0.05) is 17.4 Å². The Kier molecular flexibility index (Phi) is 5.65. The van der Waals surface area contributed by atoms with E-state index in [9.17, 15) is 9.18 Å². The summed E-state index contributed by atoms with van der Waals surface area (Å²) in [5.41, 5.74) is 0.656. The molecular formula is C19H22FN5O2S. The smallest absolute Gasteiger partial charge is 0.280 e. The van der Waals surface area contributed by atoms with Crippen LogP contribution in [0.1, 0.15) is 16.9 Å². The Morgan fingerprint density at radius 1 is 1.32 bits per heavy atom. The number of hydrogen-bond acceptors (Lipinski definition) is 6. The Balaban J connectivity index is 1.56. The second-order valence-electron chi connectivity index (χ2n) is 6.72. The molecule has 9 heteroatoms. The average Bonchev–Trinajstić information content (AvgIpc) is 3.33. The predicted molar refractivity (Wildman–Crippen MR) is 106 cm³/mol. The van der Waals surface area contributed by atoms with Gasteiger partial charge in [0, 0.05) is 39.4 Å². The molecule has 1 aromatic carbocycles. The molecule has 0 spiro atoms. The summed E-state index contributed by atoms with van der Waals surface area (Å²) in [7, 11) is 1.77. The van der Waals surface area contributed by atoms with E-state index in [-0.39, 0.29) is 11.7 Å². The number of ether oxygens (including phenoxy) is 1. The number of thiazole rings is 1. The Hall–Kier alpha value is -2.36. The minimum absolute atomic E-state index is 0.220. The first-order valence-corrected chi connectivity index (χ1v) is 10.1. The van der Waals surface area contributed by atoms with Gasteiger partial charge in [0.2, 0.25) is 0 Å². The van der Waals surface area contributed by atoms with Crippen LogP contribution in [0.5, 0.6) is 0 Å². The number of morpholine rings is 1. The minimum Gasteiger partial charge on any atom is -0.379 e. The third-order valence-corrected chi connectivity index (χ3v) is 5.77. The molecule has 0 unspecified atom stereocenters. The third kappa shape index (κ3) is 4.06. The largest absolute Gasteiger partial charge is 0.379 e. The molecule has 0 N–H and O–H groups in total. The number of aryl methyl sites for hydroxylation is 1. The molecule has 3 heterocycles. The fraction of sp³-hybridized carbons (Fsp3) is 0.421. The van der Waals surface area contributed by atoms with E-state index in [0.29, 0.717) is 22.9 Å². The van der Waals surface area contributed by atoms with E-state index >= 15 is 0 Å². The summed E-state index contributed by atoms with van der Waals surface area (Å²) < 4.78 is 21.8. The van der Waals surface area contributed by atoms with Crippen LogP contribution in [0.25, 0.3) is 10.2 Å². The lowest BCUT2D eigenvalue weighted by Crippen LogP contribution is -2.39. The van der Waals surface area contributed by atoms with Crippen molar-refractivity contribution in [1.29, 1.82) is 0 Å². The molecule has 3 aromatic rings. The summed E-state index contributed by atoms with van der Waals surface area (Å²) in [5, 5.41) is 4.73. The van der Waals surface area contributed by atoms with E-state index in [4.69, 9.17) is 4.74 Å². The SMILES string of the molecule is Cn1ccc(C(=O)N(CCCN2CCOCC2)c2nc3c(F)cccc3s2)n1. The zero-order valence-corrected chi connectivity index (χ0v) is 16.5. The molecule has 1 amide bonds. The number of fused-ring (bicyclic) bond motifs is 1. The average molecular weight is 403 g/mol. The lowest BCUT2D eigenvalue weighted by molar-refractivity contribution is 0.0376. The first-order chi connectivity index (χ1) is 13.6. The third-order valence-electron chi connectivity index (χ3n) is 4.73. The normalized spacial score (nSPS) is 15.2. The van der Waals surface area contributed by atoms with E-state index in [1.54, 1.807) is 35.0 Å². The number of halogens is 1. The topological polar surface area (TPSA) is 63.5 Å². The molecule has 1 aliphatic rings. The molecule has 0 bridgehead atoms. The van der Waals surface area contributed by atoms with Crippen molar-refractivity contribution < 1.29 is 13.9 Å². The monoisotopic (exact) mass is 403 g/mol. The summed E-state index contributed by atoms with van der Waals surface area (Å²) in [4.78, 5) is 21.4. The zero-order valence-electron chi connectivity index (χ0n) is 15.7.